The fraction of sp³-hybridized carbons (Fsp3) is 0.400. The van der Waals surface area contributed by atoms with Crippen LogP contribution in [-0.2, 0) is 19.5 Å². The Kier molecular flexibility index (Phi) is 3.03. The summed E-state index contributed by atoms with van der Waals surface area (Å²) in [6, 6.07) is 8.26. The summed E-state index contributed by atoms with van der Waals surface area (Å²) in [6.07, 6.45) is 2.56. The van der Waals surface area contributed by atoms with Gasteiger partial charge < -0.3 is 14.6 Å². The van der Waals surface area contributed by atoms with Crippen molar-refractivity contribution in [3.63, 3.8) is 0 Å². The van der Waals surface area contributed by atoms with Gasteiger partial charge in [-0.15, -0.1) is 0 Å². The molecule has 0 aliphatic carbocycles. The first-order chi connectivity index (χ1) is 9.12. The van der Waals surface area contributed by atoms with Crippen LogP contribution in [0.4, 0.5) is 0 Å². The second kappa shape index (κ2) is 4.70. The van der Waals surface area contributed by atoms with E-state index in [4.69, 9.17) is 9.26 Å². The molecule has 1 aromatic heterocycles. The number of aromatic nitrogens is 1. The van der Waals surface area contributed by atoms with Gasteiger partial charge in [-0.3, -0.25) is 0 Å². The van der Waals surface area contributed by atoms with Gasteiger partial charge in [0, 0.05) is 25.6 Å². The van der Waals surface area contributed by atoms with E-state index in [0.29, 0.717) is 0 Å². The first-order valence-electron chi connectivity index (χ1n) is 6.53. The molecule has 100 valence electrons. The third-order valence-electron chi connectivity index (χ3n) is 3.25. The van der Waals surface area contributed by atoms with E-state index in [2.05, 4.69) is 42.5 Å². The molecule has 0 saturated carbocycles. The van der Waals surface area contributed by atoms with E-state index in [1.165, 1.54) is 11.1 Å². The Morgan fingerprint density at radius 2 is 2.16 bits per heavy atom. The molecular formula is C15H18N2O2. The quantitative estimate of drug-likeness (QED) is 0.916. The van der Waals surface area contributed by atoms with Crippen LogP contribution in [0.25, 0.3) is 0 Å². The van der Waals surface area contributed by atoms with Crippen molar-refractivity contribution < 1.29 is 9.26 Å². The number of ether oxygens (including phenoxy) is 1. The van der Waals surface area contributed by atoms with E-state index < -0.39 is 0 Å². The highest BCUT2D eigenvalue weighted by atomic mass is 16.5. The van der Waals surface area contributed by atoms with Gasteiger partial charge in [-0.25, -0.2) is 0 Å². The minimum Gasteiger partial charge on any atom is -0.487 e. The number of hydrogen-bond acceptors (Lipinski definition) is 4. The summed E-state index contributed by atoms with van der Waals surface area (Å²) < 4.78 is 10.7. The topological polar surface area (TPSA) is 47.3 Å². The average molecular weight is 258 g/mol. The summed E-state index contributed by atoms with van der Waals surface area (Å²) in [5, 5.41) is 7.22. The summed E-state index contributed by atoms with van der Waals surface area (Å²) >= 11 is 0. The molecule has 19 heavy (non-hydrogen) atoms. The lowest BCUT2D eigenvalue weighted by atomic mass is 10.0. The van der Waals surface area contributed by atoms with Crippen molar-refractivity contribution in [3.8, 4) is 5.75 Å². The van der Waals surface area contributed by atoms with Gasteiger partial charge in [0.05, 0.1) is 5.69 Å². The van der Waals surface area contributed by atoms with Gasteiger partial charge in [-0.05, 0) is 31.0 Å². The maximum Gasteiger partial charge on any atom is 0.124 e. The number of benzene rings is 1. The summed E-state index contributed by atoms with van der Waals surface area (Å²) in [5.41, 5.74) is 3.41. The van der Waals surface area contributed by atoms with E-state index in [0.717, 1.165) is 31.0 Å². The standard InChI is InChI=1S/C15H18N2O2/c1-15(2)8-12-7-11(3-4-14(12)19-15)9-16-10-13-5-6-18-17-13/h3-7,16H,8-10H2,1-2H3. The molecule has 1 N–H and O–H groups in total. The van der Waals surface area contributed by atoms with E-state index in [-0.39, 0.29) is 5.60 Å². The molecule has 4 nitrogen and oxygen atoms in total. The molecule has 1 aliphatic heterocycles. The molecule has 2 aromatic rings. The molecule has 1 aliphatic rings. The van der Waals surface area contributed by atoms with Crippen LogP contribution < -0.4 is 10.1 Å². The largest absolute Gasteiger partial charge is 0.487 e. The molecule has 0 saturated heterocycles. The molecule has 4 heteroatoms. The van der Waals surface area contributed by atoms with Gasteiger partial charge in [-0.1, -0.05) is 17.3 Å². The van der Waals surface area contributed by atoms with Crippen molar-refractivity contribution in [2.24, 2.45) is 0 Å². The molecule has 1 aromatic carbocycles. The number of hydrogen-bond donors (Lipinski definition) is 1. The van der Waals surface area contributed by atoms with Crippen molar-refractivity contribution in [1.82, 2.24) is 10.5 Å². The van der Waals surface area contributed by atoms with Crippen molar-refractivity contribution in [2.75, 3.05) is 0 Å². The molecule has 0 radical (unpaired) electrons. The minimum absolute atomic E-state index is 0.0743. The minimum atomic E-state index is -0.0743. The van der Waals surface area contributed by atoms with Gasteiger partial charge >= 0.3 is 0 Å². The zero-order valence-electron chi connectivity index (χ0n) is 11.3. The third kappa shape index (κ3) is 2.79. The number of rotatable bonds is 4. The second-order valence-corrected chi connectivity index (χ2v) is 5.57. The molecule has 0 bridgehead atoms. The zero-order valence-corrected chi connectivity index (χ0v) is 11.3. The molecular weight excluding hydrogens is 240 g/mol. The number of fused-ring (bicyclic) bond motifs is 1. The molecule has 0 atom stereocenters. The predicted octanol–water partition coefficient (Wildman–Crippen LogP) is 2.68. The van der Waals surface area contributed by atoms with Gasteiger partial charge in [-0.2, -0.15) is 0 Å². The lowest BCUT2D eigenvalue weighted by molar-refractivity contribution is 0.138. The molecule has 0 spiro atoms. The normalized spacial score (nSPS) is 16.1. The van der Waals surface area contributed by atoms with E-state index >= 15 is 0 Å². The van der Waals surface area contributed by atoms with Crippen LogP contribution in [0.5, 0.6) is 5.75 Å². The zero-order chi connectivity index (χ0) is 13.3. The van der Waals surface area contributed by atoms with Crippen LogP contribution in [0.2, 0.25) is 0 Å². The highest BCUT2D eigenvalue weighted by Crippen LogP contribution is 2.35. The Labute approximate surface area is 112 Å². The molecule has 0 unspecified atom stereocenters. The monoisotopic (exact) mass is 258 g/mol. The highest BCUT2D eigenvalue weighted by Gasteiger charge is 2.29. The Morgan fingerprint density at radius 3 is 2.95 bits per heavy atom. The first-order valence-corrected chi connectivity index (χ1v) is 6.53. The van der Waals surface area contributed by atoms with Crippen molar-refractivity contribution in [3.05, 3.63) is 47.3 Å². The number of nitrogens with one attached hydrogen (secondary N) is 1. The summed E-state index contributed by atoms with van der Waals surface area (Å²) in [6.45, 7) is 5.78. The van der Waals surface area contributed by atoms with Crippen LogP contribution in [0.3, 0.4) is 0 Å². The Hall–Kier alpha value is -1.81. The molecule has 3 rings (SSSR count). The average Bonchev–Trinajstić information content (AvgIpc) is 2.94. The Balaban J connectivity index is 1.61. The van der Waals surface area contributed by atoms with E-state index in [1.54, 1.807) is 6.26 Å². The fourth-order valence-electron chi connectivity index (χ4n) is 2.44. The smallest absolute Gasteiger partial charge is 0.124 e. The van der Waals surface area contributed by atoms with E-state index in [9.17, 15) is 0 Å². The van der Waals surface area contributed by atoms with Crippen LogP contribution in [-0.4, -0.2) is 10.8 Å². The molecule has 0 amide bonds. The van der Waals surface area contributed by atoms with Crippen LogP contribution >= 0.6 is 0 Å². The predicted molar refractivity (Wildman–Crippen MR) is 71.9 cm³/mol. The number of nitrogens with zero attached hydrogens (tertiary/aromatic N) is 1. The Morgan fingerprint density at radius 1 is 1.26 bits per heavy atom. The van der Waals surface area contributed by atoms with Gasteiger partial charge in [0.2, 0.25) is 0 Å². The van der Waals surface area contributed by atoms with Crippen molar-refractivity contribution >= 4 is 0 Å². The fourth-order valence-corrected chi connectivity index (χ4v) is 2.44. The maximum absolute atomic E-state index is 5.87. The summed E-state index contributed by atoms with van der Waals surface area (Å²) in [7, 11) is 0. The SMILES string of the molecule is CC1(C)Cc2cc(CNCc3ccon3)ccc2O1. The lowest BCUT2D eigenvalue weighted by Crippen LogP contribution is -2.24. The van der Waals surface area contributed by atoms with Crippen LogP contribution in [0.1, 0.15) is 30.7 Å². The van der Waals surface area contributed by atoms with E-state index in [1.807, 2.05) is 6.07 Å². The lowest BCUT2D eigenvalue weighted by Gasteiger charge is -2.16. The van der Waals surface area contributed by atoms with Gasteiger partial charge in [0.25, 0.3) is 0 Å². The summed E-state index contributed by atoms with van der Waals surface area (Å²) in [4.78, 5) is 0. The van der Waals surface area contributed by atoms with Crippen LogP contribution in [0, 0.1) is 0 Å². The highest BCUT2D eigenvalue weighted by molar-refractivity contribution is 5.41. The Bertz CT molecular complexity index is 562. The molecule has 2 heterocycles. The van der Waals surface area contributed by atoms with Crippen molar-refractivity contribution in [1.29, 1.82) is 0 Å². The molecule has 0 fully saturated rings. The second-order valence-electron chi connectivity index (χ2n) is 5.57. The van der Waals surface area contributed by atoms with Crippen LogP contribution in [0.15, 0.2) is 35.1 Å². The van der Waals surface area contributed by atoms with Gasteiger partial charge in [0.1, 0.15) is 17.6 Å². The summed E-state index contributed by atoms with van der Waals surface area (Å²) in [5.74, 6) is 1.02. The van der Waals surface area contributed by atoms with Crippen molar-refractivity contribution in [2.45, 2.75) is 39.0 Å². The first kappa shape index (κ1) is 12.2. The van der Waals surface area contributed by atoms with Gasteiger partial charge in [0.15, 0.2) is 0 Å². The maximum atomic E-state index is 5.87. The third-order valence-corrected chi connectivity index (χ3v) is 3.25.